The molecule has 2 rings (SSSR count). The molecule has 1 aromatic heterocycles. The van der Waals surface area contributed by atoms with E-state index in [-0.39, 0.29) is 0 Å². The fourth-order valence-corrected chi connectivity index (χ4v) is 2.96. The van der Waals surface area contributed by atoms with Crippen LogP contribution in [0.5, 0.6) is 5.88 Å². The third kappa shape index (κ3) is 5.77. The number of methoxy groups -OCH3 is 1. The van der Waals surface area contributed by atoms with Crippen LogP contribution in [0.3, 0.4) is 0 Å². The molecule has 1 atom stereocenters. The van der Waals surface area contributed by atoms with E-state index >= 15 is 0 Å². The van der Waals surface area contributed by atoms with E-state index in [0.717, 1.165) is 31.1 Å². The summed E-state index contributed by atoms with van der Waals surface area (Å²) in [6.07, 6.45) is 5.52. The summed E-state index contributed by atoms with van der Waals surface area (Å²) >= 11 is 5.29. The van der Waals surface area contributed by atoms with Gasteiger partial charge in [0.25, 0.3) is 0 Å². The van der Waals surface area contributed by atoms with Crippen molar-refractivity contribution in [3.63, 3.8) is 0 Å². The summed E-state index contributed by atoms with van der Waals surface area (Å²) in [4.78, 5) is 6.69. The van der Waals surface area contributed by atoms with Gasteiger partial charge in [-0.05, 0) is 56.6 Å². The van der Waals surface area contributed by atoms with Gasteiger partial charge in [-0.25, -0.2) is 4.98 Å². The Balaban J connectivity index is 1.61. The van der Waals surface area contributed by atoms with E-state index in [9.17, 15) is 0 Å². The normalized spacial score (nSPS) is 18.7. The second-order valence-electron chi connectivity index (χ2n) is 5.87. The topological polar surface area (TPSA) is 49.4 Å². The van der Waals surface area contributed by atoms with Crippen LogP contribution in [0, 0.1) is 5.92 Å². The molecule has 0 amide bonds. The van der Waals surface area contributed by atoms with Gasteiger partial charge in [0.2, 0.25) is 5.88 Å². The van der Waals surface area contributed by atoms with Gasteiger partial charge in [0.05, 0.1) is 19.0 Å². The maximum absolute atomic E-state index is 5.29. The molecule has 122 valence electrons. The fraction of sp³-hybridized carbons (Fsp3) is 0.625. The van der Waals surface area contributed by atoms with Gasteiger partial charge in [-0.2, -0.15) is 0 Å². The van der Waals surface area contributed by atoms with Gasteiger partial charge in [0.1, 0.15) is 0 Å². The number of pyridine rings is 1. The molecule has 1 aliphatic heterocycles. The van der Waals surface area contributed by atoms with Crippen LogP contribution >= 0.6 is 12.2 Å². The van der Waals surface area contributed by atoms with Crippen molar-refractivity contribution < 1.29 is 4.74 Å². The monoisotopic (exact) mass is 322 g/mol. The van der Waals surface area contributed by atoms with E-state index in [2.05, 4.69) is 27.4 Å². The summed E-state index contributed by atoms with van der Waals surface area (Å²) < 4.78 is 5.03. The number of piperidine rings is 1. The minimum atomic E-state index is 0.597. The number of thiocarbonyl (C=S) groups is 1. The van der Waals surface area contributed by atoms with E-state index in [1.165, 1.54) is 25.9 Å². The standard InChI is InChI=1S/C16H26N4OS/c1-13-5-3-9-20(12-13)10-4-8-17-16(22)19-14-6-7-15(21-2)18-11-14/h6-7,11,13H,3-5,8-10,12H2,1-2H3,(H2,17,19,22)/t13-/m1/s1. The third-order valence-corrected chi connectivity index (χ3v) is 4.13. The molecule has 1 aromatic rings. The molecule has 1 aliphatic rings. The predicted octanol–water partition coefficient (Wildman–Crippen LogP) is 2.50. The zero-order valence-electron chi connectivity index (χ0n) is 13.5. The van der Waals surface area contributed by atoms with Crippen LogP contribution < -0.4 is 15.4 Å². The molecular formula is C16H26N4OS. The van der Waals surface area contributed by atoms with E-state index < -0.39 is 0 Å². The summed E-state index contributed by atoms with van der Waals surface area (Å²) in [5, 5.41) is 7.01. The number of hydrogen-bond acceptors (Lipinski definition) is 4. The first-order valence-corrected chi connectivity index (χ1v) is 8.35. The number of aromatic nitrogens is 1. The van der Waals surface area contributed by atoms with Crippen molar-refractivity contribution in [3.8, 4) is 5.88 Å². The average molecular weight is 322 g/mol. The predicted molar refractivity (Wildman–Crippen MR) is 94.5 cm³/mol. The second kappa shape index (κ2) is 8.90. The molecule has 0 aliphatic carbocycles. The van der Waals surface area contributed by atoms with Gasteiger partial charge in [0, 0.05) is 19.2 Å². The first-order valence-electron chi connectivity index (χ1n) is 7.94. The first kappa shape index (κ1) is 17.0. The van der Waals surface area contributed by atoms with Crippen LogP contribution in [-0.4, -0.2) is 48.3 Å². The molecule has 2 N–H and O–H groups in total. The van der Waals surface area contributed by atoms with Gasteiger partial charge < -0.3 is 20.3 Å². The highest BCUT2D eigenvalue weighted by atomic mass is 32.1. The maximum atomic E-state index is 5.29. The van der Waals surface area contributed by atoms with Crippen molar-refractivity contribution in [2.24, 2.45) is 5.92 Å². The molecule has 0 radical (unpaired) electrons. The summed E-state index contributed by atoms with van der Waals surface area (Å²) in [5.41, 5.74) is 0.864. The number of ether oxygens (including phenoxy) is 1. The Bertz CT molecular complexity index is 466. The zero-order valence-corrected chi connectivity index (χ0v) is 14.3. The molecule has 2 heterocycles. The zero-order chi connectivity index (χ0) is 15.8. The number of likely N-dealkylation sites (tertiary alicyclic amines) is 1. The highest BCUT2D eigenvalue weighted by molar-refractivity contribution is 7.80. The molecule has 0 unspecified atom stereocenters. The number of nitrogens with zero attached hydrogens (tertiary/aromatic N) is 2. The largest absolute Gasteiger partial charge is 0.481 e. The summed E-state index contributed by atoms with van der Waals surface area (Å²) in [5.74, 6) is 1.44. The molecule has 0 bridgehead atoms. The van der Waals surface area contributed by atoms with Crippen molar-refractivity contribution in [2.45, 2.75) is 26.2 Å². The Morgan fingerprint density at radius 2 is 2.36 bits per heavy atom. The SMILES string of the molecule is COc1ccc(NC(=S)NCCCN2CCC[C@@H](C)C2)cn1. The number of rotatable bonds is 6. The lowest BCUT2D eigenvalue weighted by Crippen LogP contribution is -2.37. The van der Waals surface area contributed by atoms with Crippen LogP contribution in [-0.2, 0) is 0 Å². The van der Waals surface area contributed by atoms with Crippen molar-refractivity contribution >= 4 is 23.0 Å². The Morgan fingerprint density at radius 3 is 3.05 bits per heavy atom. The van der Waals surface area contributed by atoms with E-state index in [4.69, 9.17) is 17.0 Å². The van der Waals surface area contributed by atoms with E-state index in [1.54, 1.807) is 13.3 Å². The molecule has 1 saturated heterocycles. The van der Waals surface area contributed by atoms with Gasteiger partial charge >= 0.3 is 0 Å². The first-order chi connectivity index (χ1) is 10.7. The minimum Gasteiger partial charge on any atom is -0.481 e. The number of hydrogen-bond donors (Lipinski definition) is 2. The summed E-state index contributed by atoms with van der Waals surface area (Å²) in [7, 11) is 1.60. The smallest absolute Gasteiger partial charge is 0.213 e. The second-order valence-corrected chi connectivity index (χ2v) is 6.28. The van der Waals surface area contributed by atoms with Gasteiger partial charge in [0.15, 0.2) is 5.11 Å². The fourth-order valence-electron chi connectivity index (χ4n) is 2.74. The Kier molecular flexibility index (Phi) is 6.86. The lowest BCUT2D eigenvalue weighted by molar-refractivity contribution is 0.182. The molecule has 5 nitrogen and oxygen atoms in total. The molecule has 22 heavy (non-hydrogen) atoms. The molecular weight excluding hydrogens is 296 g/mol. The van der Waals surface area contributed by atoms with Crippen LogP contribution in [0.4, 0.5) is 5.69 Å². The number of nitrogens with one attached hydrogen (secondary N) is 2. The molecule has 0 saturated carbocycles. The summed E-state index contributed by atoms with van der Waals surface area (Å²) in [6, 6.07) is 3.71. The van der Waals surface area contributed by atoms with E-state index in [1.807, 2.05) is 12.1 Å². The highest BCUT2D eigenvalue weighted by Gasteiger charge is 2.15. The van der Waals surface area contributed by atoms with Gasteiger partial charge in [-0.15, -0.1) is 0 Å². The van der Waals surface area contributed by atoms with Crippen molar-refractivity contribution in [3.05, 3.63) is 18.3 Å². The third-order valence-electron chi connectivity index (χ3n) is 3.88. The Hall–Kier alpha value is -1.40. The van der Waals surface area contributed by atoms with Gasteiger partial charge in [-0.3, -0.25) is 0 Å². The average Bonchev–Trinajstić information content (AvgIpc) is 2.52. The lowest BCUT2D eigenvalue weighted by Gasteiger charge is -2.30. The molecule has 0 aromatic carbocycles. The van der Waals surface area contributed by atoms with Crippen molar-refractivity contribution in [1.29, 1.82) is 0 Å². The highest BCUT2D eigenvalue weighted by Crippen LogP contribution is 2.15. The Labute approximate surface area is 138 Å². The number of anilines is 1. The maximum Gasteiger partial charge on any atom is 0.213 e. The molecule has 0 spiro atoms. The van der Waals surface area contributed by atoms with Crippen molar-refractivity contribution in [2.75, 3.05) is 38.6 Å². The summed E-state index contributed by atoms with van der Waals surface area (Å²) in [6.45, 7) is 6.85. The molecule has 6 heteroatoms. The molecule has 1 fully saturated rings. The van der Waals surface area contributed by atoms with Gasteiger partial charge in [-0.1, -0.05) is 6.92 Å². The van der Waals surface area contributed by atoms with Crippen LogP contribution in [0.15, 0.2) is 18.3 Å². The lowest BCUT2D eigenvalue weighted by atomic mass is 10.0. The minimum absolute atomic E-state index is 0.597. The van der Waals surface area contributed by atoms with Crippen LogP contribution in [0.1, 0.15) is 26.2 Å². The van der Waals surface area contributed by atoms with Crippen LogP contribution in [0.25, 0.3) is 0 Å². The Morgan fingerprint density at radius 1 is 1.50 bits per heavy atom. The van der Waals surface area contributed by atoms with Crippen LogP contribution in [0.2, 0.25) is 0 Å². The van der Waals surface area contributed by atoms with Crippen molar-refractivity contribution in [1.82, 2.24) is 15.2 Å². The quantitative estimate of drug-likeness (QED) is 0.620. The van der Waals surface area contributed by atoms with E-state index in [0.29, 0.717) is 11.0 Å².